The van der Waals surface area contributed by atoms with E-state index < -0.39 is 21.9 Å². The average Bonchev–Trinajstić information content (AvgIpc) is 3.87. The van der Waals surface area contributed by atoms with E-state index in [0.29, 0.717) is 24.9 Å². The van der Waals surface area contributed by atoms with Crippen molar-refractivity contribution < 1.29 is 19.4 Å². The minimum Gasteiger partial charge on any atom is -0.338 e. The second-order valence-electron chi connectivity index (χ2n) is 12.5. The zero-order chi connectivity index (χ0) is 36.2. The lowest BCUT2D eigenvalue weighted by atomic mass is 9.97. The summed E-state index contributed by atoms with van der Waals surface area (Å²) in [7, 11) is 2.09. The highest BCUT2D eigenvalue weighted by Crippen LogP contribution is 2.34. The van der Waals surface area contributed by atoms with Gasteiger partial charge in [-0.15, -0.1) is 22.7 Å². The number of carbonyl (C=O) groups is 2. The molecule has 0 unspecified atom stereocenters. The topological polar surface area (TPSA) is 184 Å². The number of piperidine rings is 2. The van der Waals surface area contributed by atoms with Crippen molar-refractivity contribution in [1.29, 1.82) is 0 Å². The number of amides is 4. The second kappa shape index (κ2) is 18.4. The maximum absolute atomic E-state index is 12.2. The third kappa shape index (κ3) is 11.0. The van der Waals surface area contributed by atoms with Crippen LogP contribution in [0, 0.1) is 32.1 Å². The van der Waals surface area contributed by atoms with Crippen LogP contribution in [0.1, 0.15) is 25.7 Å². The first kappa shape index (κ1) is 37.4. The van der Waals surface area contributed by atoms with Crippen molar-refractivity contribution in [3.8, 4) is 20.9 Å². The number of rotatable bonds is 10. The number of thiophene rings is 2. The Balaban J connectivity index is 0.000000198. The number of hydrogen-bond acceptors (Lipinski definition) is 10. The van der Waals surface area contributed by atoms with Crippen LogP contribution >= 0.6 is 22.7 Å². The molecule has 2 fully saturated rings. The van der Waals surface area contributed by atoms with Gasteiger partial charge in [0.25, 0.3) is 11.4 Å². The van der Waals surface area contributed by atoms with Gasteiger partial charge in [-0.1, -0.05) is 12.1 Å². The van der Waals surface area contributed by atoms with Crippen LogP contribution in [0.3, 0.4) is 0 Å². The van der Waals surface area contributed by atoms with E-state index in [-0.39, 0.29) is 22.7 Å². The van der Waals surface area contributed by atoms with Crippen molar-refractivity contribution in [1.82, 2.24) is 20.9 Å². The van der Waals surface area contributed by atoms with Crippen LogP contribution in [0.25, 0.3) is 20.9 Å². The molecule has 4 aromatic rings. The highest BCUT2D eigenvalue weighted by atomic mass is 32.1. The van der Waals surface area contributed by atoms with Crippen LogP contribution in [0.15, 0.2) is 71.4 Å². The SMILES string of the molecule is CN1CCC(CNC(=O)Nc2cc(-c3cccs3)ccc2[N+](=O)[O-])CC1.O=C(NCC1CCNCC1)Nc1cc(-c2cccs2)ccc1[N+](=O)[O-]. The highest BCUT2D eigenvalue weighted by Gasteiger charge is 2.21. The third-order valence-electron chi connectivity index (χ3n) is 8.89. The Morgan fingerprint density at radius 3 is 1.61 bits per heavy atom. The van der Waals surface area contributed by atoms with Crippen LogP contribution in [0.4, 0.5) is 32.3 Å². The molecule has 0 bridgehead atoms. The Bertz CT molecular complexity index is 1770. The fourth-order valence-electron chi connectivity index (χ4n) is 5.94. The number of nitrogens with zero attached hydrogens (tertiary/aromatic N) is 3. The van der Waals surface area contributed by atoms with E-state index in [4.69, 9.17) is 0 Å². The molecular weight excluding hydrogens is 693 g/mol. The maximum atomic E-state index is 12.2. The van der Waals surface area contributed by atoms with Gasteiger partial charge in [-0.2, -0.15) is 0 Å². The monoisotopic (exact) mass is 734 g/mol. The van der Waals surface area contributed by atoms with E-state index in [1.807, 2.05) is 35.0 Å². The first-order valence-electron chi connectivity index (χ1n) is 16.8. The summed E-state index contributed by atoms with van der Waals surface area (Å²) in [5.74, 6) is 0.892. The summed E-state index contributed by atoms with van der Waals surface area (Å²) in [6.07, 6.45) is 4.14. The number of benzene rings is 2. The van der Waals surface area contributed by atoms with Gasteiger partial charge in [-0.05, 0) is 129 Å². The van der Waals surface area contributed by atoms with Gasteiger partial charge in [0.1, 0.15) is 11.4 Å². The molecule has 0 spiro atoms. The molecule has 4 amide bonds. The molecule has 5 N–H and O–H groups in total. The summed E-state index contributed by atoms with van der Waals surface area (Å²) in [6, 6.07) is 16.5. The molecule has 2 aromatic carbocycles. The molecule has 2 saturated heterocycles. The Hall–Kier alpha value is -4.90. The summed E-state index contributed by atoms with van der Waals surface area (Å²) in [5.41, 5.74) is 1.88. The van der Waals surface area contributed by atoms with Crippen LogP contribution in [0.2, 0.25) is 0 Å². The van der Waals surface area contributed by atoms with Crippen molar-refractivity contribution in [2.75, 3.05) is 56.9 Å². The molecule has 6 rings (SSSR count). The molecule has 270 valence electrons. The van der Waals surface area contributed by atoms with Crippen molar-refractivity contribution in [3.63, 3.8) is 0 Å². The smallest absolute Gasteiger partial charge is 0.319 e. The van der Waals surface area contributed by atoms with Crippen molar-refractivity contribution in [2.45, 2.75) is 25.7 Å². The van der Waals surface area contributed by atoms with Gasteiger partial charge in [-0.25, -0.2) is 9.59 Å². The Kier molecular flexibility index (Phi) is 13.5. The first-order valence-corrected chi connectivity index (χ1v) is 18.6. The van der Waals surface area contributed by atoms with Gasteiger partial charge in [-0.3, -0.25) is 20.2 Å². The summed E-state index contributed by atoms with van der Waals surface area (Å²) < 4.78 is 0. The van der Waals surface area contributed by atoms with Gasteiger partial charge < -0.3 is 31.5 Å². The largest absolute Gasteiger partial charge is 0.338 e. The van der Waals surface area contributed by atoms with E-state index in [1.54, 1.807) is 46.9 Å². The predicted octanol–water partition coefficient (Wildman–Crippen LogP) is 7.23. The van der Waals surface area contributed by atoms with E-state index in [1.165, 1.54) is 12.1 Å². The first-order chi connectivity index (χ1) is 24.7. The standard InChI is InChI=1S/C18H22N4O3S.C17H20N4O3S/c1-21-8-6-13(7-9-21)12-19-18(23)20-15-11-14(17-3-2-10-26-17)4-5-16(15)22(24)25;22-17(19-11-12-5-7-18-8-6-12)20-14-10-13(16-2-1-9-25-16)3-4-15(14)21(23)24/h2-5,10-11,13H,6-9,12H2,1H3,(H2,19,20,23);1-4,9-10,12,18H,5-8,11H2,(H2,19,20,22). The van der Waals surface area contributed by atoms with Crippen LogP contribution in [-0.2, 0) is 0 Å². The minimum atomic E-state index is -0.485. The molecule has 2 aliphatic rings. The van der Waals surface area contributed by atoms with E-state index in [0.717, 1.165) is 72.7 Å². The van der Waals surface area contributed by atoms with E-state index in [2.05, 4.69) is 38.5 Å². The molecule has 16 heteroatoms. The fourth-order valence-corrected chi connectivity index (χ4v) is 7.39. The molecule has 51 heavy (non-hydrogen) atoms. The molecule has 0 saturated carbocycles. The number of carbonyl (C=O) groups excluding carboxylic acids is 2. The zero-order valence-electron chi connectivity index (χ0n) is 28.3. The molecule has 14 nitrogen and oxygen atoms in total. The number of nitrogens with one attached hydrogen (secondary N) is 5. The number of hydrogen-bond donors (Lipinski definition) is 5. The maximum Gasteiger partial charge on any atom is 0.319 e. The fraction of sp³-hybridized carbons (Fsp3) is 0.371. The minimum absolute atomic E-state index is 0.111. The molecule has 2 aromatic heterocycles. The van der Waals surface area contributed by atoms with Crippen molar-refractivity contribution in [2.24, 2.45) is 11.8 Å². The van der Waals surface area contributed by atoms with Crippen LogP contribution in [0.5, 0.6) is 0 Å². The van der Waals surface area contributed by atoms with Crippen molar-refractivity contribution >= 4 is 57.5 Å². The normalized spacial score (nSPS) is 15.2. The van der Waals surface area contributed by atoms with Gasteiger partial charge in [0.2, 0.25) is 0 Å². The predicted molar refractivity (Wildman–Crippen MR) is 203 cm³/mol. The third-order valence-corrected chi connectivity index (χ3v) is 10.7. The molecule has 0 atom stereocenters. The van der Waals surface area contributed by atoms with Gasteiger partial charge in [0.05, 0.1) is 9.85 Å². The molecule has 2 aliphatic heterocycles. The quantitative estimate of drug-likeness (QED) is 0.0835. The molecule has 0 aliphatic carbocycles. The van der Waals surface area contributed by atoms with Crippen LogP contribution in [-0.4, -0.2) is 73.1 Å². The van der Waals surface area contributed by atoms with Gasteiger partial charge >= 0.3 is 12.1 Å². The van der Waals surface area contributed by atoms with E-state index in [9.17, 15) is 29.8 Å². The number of nitro benzene ring substituents is 2. The summed E-state index contributed by atoms with van der Waals surface area (Å²) in [4.78, 5) is 50.2. The Morgan fingerprint density at radius 1 is 0.745 bits per heavy atom. The number of likely N-dealkylation sites (tertiary alicyclic amines) is 1. The zero-order valence-corrected chi connectivity index (χ0v) is 29.9. The van der Waals surface area contributed by atoms with Gasteiger partial charge in [0, 0.05) is 35.0 Å². The van der Waals surface area contributed by atoms with Crippen LogP contribution < -0.4 is 26.6 Å². The number of nitro groups is 2. The lowest BCUT2D eigenvalue weighted by molar-refractivity contribution is -0.384. The summed E-state index contributed by atoms with van der Waals surface area (Å²) >= 11 is 3.09. The molecule has 0 radical (unpaired) electrons. The molecule has 4 heterocycles. The van der Waals surface area contributed by atoms with Gasteiger partial charge in [0.15, 0.2) is 0 Å². The Morgan fingerprint density at radius 2 is 1.20 bits per heavy atom. The number of anilines is 2. The lowest BCUT2D eigenvalue weighted by Gasteiger charge is -2.28. The Labute approximate surface area is 303 Å². The lowest BCUT2D eigenvalue weighted by Crippen LogP contribution is -2.38. The van der Waals surface area contributed by atoms with E-state index >= 15 is 0 Å². The molecular formula is C35H42N8O6S2. The van der Waals surface area contributed by atoms with Crippen molar-refractivity contribution in [3.05, 3.63) is 91.7 Å². The highest BCUT2D eigenvalue weighted by molar-refractivity contribution is 7.13. The summed E-state index contributed by atoms with van der Waals surface area (Å²) in [5, 5.41) is 40.6. The average molecular weight is 735 g/mol. The summed E-state index contributed by atoms with van der Waals surface area (Å²) in [6.45, 7) is 5.14. The second-order valence-corrected chi connectivity index (χ2v) is 14.4. The number of urea groups is 2.